The lowest BCUT2D eigenvalue weighted by atomic mass is 9.91. The predicted molar refractivity (Wildman–Crippen MR) is 75.1 cm³/mol. The summed E-state index contributed by atoms with van der Waals surface area (Å²) in [6, 6.07) is 5.98. The van der Waals surface area contributed by atoms with Crippen molar-refractivity contribution in [2.75, 3.05) is 20.2 Å². The van der Waals surface area contributed by atoms with Crippen molar-refractivity contribution in [3.63, 3.8) is 0 Å². The molecule has 0 atom stereocenters. The Hall–Kier alpha value is -0.770. The highest BCUT2D eigenvalue weighted by Gasteiger charge is 2.25. The quantitative estimate of drug-likeness (QED) is 0.916. The van der Waals surface area contributed by atoms with E-state index in [0.717, 1.165) is 38.2 Å². The summed E-state index contributed by atoms with van der Waals surface area (Å²) in [5, 5.41) is 0.677. The van der Waals surface area contributed by atoms with Gasteiger partial charge in [-0.3, -0.25) is 4.90 Å². The van der Waals surface area contributed by atoms with Crippen molar-refractivity contribution in [2.24, 2.45) is 5.73 Å². The fourth-order valence-corrected chi connectivity index (χ4v) is 2.57. The molecule has 1 aromatic carbocycles. The molecule has 1 aliphatic rings. The third-order valence-electron chi connectivity index (χ3n) is 3.62. The van der Waals surface area contributed by atoms with Crippen molar-refractivity contribution in [3.8, 4) is 5.75 Å². The highest BCUT2D eigenvalue weighted by atomic mass is 35.5. The fraction of sp³-hybridized carbons (Fsp3) is 0.571. The van der Waals surface area contributed by atoms with Gasteiger partial charge in [0.2, 0.25) is 0 Å². The van der Waals surface area contributed by atoms with E-state index in [9.17, 15) is 0 Å². The summed E-state index contributed by atoms with van der Waals surface area (Å²) < 4.78 is 5.16. The minimum Gasteiger partial charge on any atom is -0.495 e. The molecule has 0 spiro atoms. The third-order valence-corrected chi connectivity index (χ3v) is 3.92. The van der Waals surface area contributed by atoms with Crippen LogP contribution < -0.4 is 10.5 Å². The number of likely N-dealkylation sites (tertiary alicyclic amines) is 1. The highest BCUT2D eigenvalue weighted by molar-refractivity contribution is 6.32. The molecule has 18 heavy (non-hydrogen) atoms. The smallest absolute Gasteiger partial charge is 0.137 e. The van der Waals surface area contributed by atoms with Crippen LogP contribution in [0.2, 0.25) is 5.02 Å². The van der Waals surface area contributed by atoms with Crippen LogP contribution in [0.1, 0.15) is 25.3 Å². The SMILES string of the molecule is COc1ccc(CN2CCC(C)(N)CC2)cc1Cl. The normalized spacial score (nSPS) is 19.8. The Morgan fingerprint density at radius 3 is 2.61 bits per heavy atom. The summed E-state index contributed by atoms with van der Waals surface area (Å²) in [6.45, 7) is 5.17. The summed E-state index contributed by atoms with van der Waals surface area (Å²) in [4.78, 5) is 2.42. The molecule has 1 aliphatic heterocycles. The number of ether oxygens (including phenoxy) is 1. The van der Waals surface area contributed by atoms with Gasteiger partial charge in [0.05, 0.1) is 12.1 Å². The zero-order valence-corrected chi connectivity index (χ0v) is 11.8. The first kappa shape index (κ1) is 13.7. The molecular formula is C14H21ClN2O. The molecule has 0 aromatic heterocycles. The Kier molecular flexibility index (Phi) is 4.15. The van der Waals surface area contributed by atoms with Gasteiger partial charge in [-0.2, -0.15) is 0 Å². The van der Waals surface area contributed by atoms with Crippen molar-refractivity contribution in [1.29, 1.82) is 0 Å². The molecule has 1 fully saturated rings. The fourth-order valence-electron chi connectivity index (χ4n) is 2.29. The van der Waals surface area contributed by atoms with Crippen LogP contribution in [-0.4, -0.2) is 30.6 Å². The molecule has 0 radical (unpaired) electrons. The molecular weight excluding hydrogens is 248 g/mol. The van der Waals surface area contributed by atoms with E-state index in [1.165, 1.54) is 5.56 Å². The zero-order valence-electron chi connectivity index (χ0n) is 11.1. The van der Waals surface area contributed by atoms with Crippen LogP contribution in [0.3, 0.4) is 0 Å². The van der Waals surface area contributed by atoms with Crippen LogP contribution in [0.5, 0.6) is 5.75 Å². The molecule has 0 saturated carbocycles. The average molecular weight is 269 g/mol. The summed E-state index contributed by atoms with van der Waals surface area (Å²) in [7, 11) is 1.63. The van der Waals surface area contributed by atoms with Crippen molar-refractivity contribution < 1.29 is 4.74 Å². The van der Waals surface area contributed by atoms with Gasteiger partial charge < -0.3 is 10.5 Å². The molecule has 2 rings (SSSR count). The van der Waals surface area contributed by atoms with Gasteiger partial charge in [-0.25, -0.2) is 0 Å². The van der Waals surface area contributed by atoms with Gasteiger partial charge in [0.1, 0.15) is 5.75 Å². The molecule has 1 aromatic rings. The van der Waals surface area contributed by atoms with Crippen molar-refractivity contribution in [2.45, 2.75) is 31.8 Å². The van der Waals surface area contributed by atoms with E-state index < -0.39 is 0 Å². The number of methoxy groups -OCH3 is 1. The van der Waals surface area contributed by atoms with Gasteiger partial charge in [0.25, 0.3) is 0 Å². The van der Waals surface area contributed by atoms with Gasteiger partial charge in [0, 0.05) is 25.2 Å². The molecule has 2 N–H and O–H groups in total. The predicted octanol–water partition coefficient (Wildman–Crippen LogP) is 2.66. The van der Waals surface area contributed by atoms with E-state index in [4.69, 9.17) is 22.1 Å². The molecule has 100 valence electrons. The van der Waals surface area contributed by atoms with Gasteiger partial charge in [-0.15, -0.1) is 0 Å². The van der Waals surface area contributed by atoms with Gasteiger partial charge in [-0.1, -0.05) is 17.7 Å². The van der Waals surface area contributed by atoms with Crippen LogP contribution in [0, 0.1) is 0 Å². The highest BCUT2D eigenvalue weighted by Crippen LogP contribution is 2.26. The molecule has 0 aliphatic carbocycles. The number of nitrogens with zero attached hydrogens (tertiary/aromatic N) is 1. The minimum atomic E-state index is 0.00799. The number of nitrogens with two attached hydrogens (primary N) is 1. The molecule has 4 heteroatoms. The number of benzene rings is 1. The Labute approximate surface area is 114 Å². The molecule has 0 bridgehead atoms. The maximum absolute atomic E-state index is 6.13. The van der Waals surface area contributed by atoms with Gasteiger partial charge >= 0.3 is 0 Å². The molecule has 1 heterocycles. The summed E-state index contributed by atoms with van der Waals surface area (Å²) in [5.41, 5.74) is 7.36. The first-order valence-corrected chi connectivity index (χ1v) is 6.72. The van der Waals surface area contributed by atoms with E-state index in [0.29, 0.717) is 5.02 Å². The lowest BCUT2D eigenvalue weighted by Gasteiger charge is -2.36. The first-order chi connectivity index (χ1) is 8.50. The number of hydrogen-bond donors (Lipinski definition) is 1. The first-order valence-electron chi connectivity index (χ1n) is 6.34. The third kappa shape index (κ3) is 3.37. The molecule has 1 saturated heterocycles. The van der Waals surface area contributed by atoms with Crippen LogP contribution in [0.4, 0.5) is 0 Å². The molecule has 3 nitrogen and oxygen atoms in total. The van der Waals surface area contributed by atoms with Gasteiger partial charge in [-0.05, 0) is 37.5 Å². The van der Waals surface area contributed by atoms with Crippen molar-refractivity contribution in [3.05, 3.63) is 28.8 Å². The summed E-state index contributed by atoms with van der Waals surface area (Å²) in [6.07, 6.45) is 2.10. The largest absolute Gasteiger partial charge is 0.495 e. The number of halogens is 1. The Morgan fingerprint density at radius 1 is 1.39 bits per heavy atom. The summed E-state index contributed by atoms with van der Waals surface area (Å²) in [5.74, 6) is 0.730. The maximum Gasteiger partial charge on any atom is 0.137 e. The van der Waals surface area contributed by atoms with Crippen molar-refractivity contribution in [1.82, 2.24) is 4.90 Å². The lowest BCUT2D eigenvalue weighted by molar-refractivity contribution is 0.165. The second-order valence-corrected chi connectivity index (χ2v) is 5.81. The monoisotopic (exact) mass is 268 g/mol. The molecule has 0 unspecified atom stereocenters. The van der Waals surface area contributed by atoms with Crippen molar-refractivity contribution >= 4 is 11.6 Å². The summed E-state index contributed by atoms with van der Waals surface area (Å²) >= 11 is 6.13. The molecule has 0 amide bonds. The number of piperidine rings is 1. The van der Waals surface area contributed by atoms with Crippen LogP contribution >= 0.6 is 11.6 Å². The standard InChI is InChI=1S/C14H21ClN2O/c1-14(16)5-7-17(8-6-14)10-11-3-4-13(18-2)12(15)9-11/h3-4,9H,5-8,10,16H2,1-2H3. The van der Waals surface area contributed by atoms with Gasteiger partial charge in [0.15, 0.2) is 0 Å². The van der Waals surface area contributed by atoms with E-state index in [2.05, 4.69) is 17.9 Å². The lowest BCUT2D eigenvalue weighted by Crippen LogP contribution is -2.47. The minimum absolute atomic E-state index is 0.00799. The van der Waals surface area contributed by atoms with Crippen LogP contribution in [0.25, 0.3) is 0 Å². The zero-order chi connectivity index (χ0) is 13.2. The Balaban J connectivity index is 1.96. The van der Waals surface area contributed by atoms with E-state index >= 15 is 0 Å². The average Bonchev–Trinajstić information content (AvgIpc) is 2.32. The topological polar surface area (TPSA) is 38.5 Å². The van der Waals surface area contributed by atoms with Crippen LogP contribution in [0.15, 0.2) is 18.2 Å². The second kappa shape index (κ2) is 5.47. The maximum atomic E-state index is 6.13. The Bertz CT molecular complexity index is 410. The van der Waals surface area contributed by atoms with E-state index in [1.807, 2.05) is 12.1 Å². The number of rotatable bonds is 3. The van der Waals surface area contributed by atoms with E-state index in [-0.39, 0.29) is 5.54 Å². The Morgan fingerprint density at radius 2 is 2.06 bits per heavy atom. The van der Waals surface area contributed by atoms with Crippen LogP contribution in [-0.2, 0) is 6.54 Å². The number of hydrogen-bond acceptors (Lipinski definition) is 3. The second-order valence-electron chi connectivity index (χ2n) is 5.40. The van der Waals surface area contributed by atoms with E-state index in [1.54, 1.807) is 7.11 Å².